The standard InChI is InChI=1S/C19H21N3O3S/c1-13-7-3-4-8-15(13)14(2)21-18(23)11-12-20-19-16-9-5-6-10-17(16)26(24,25)22-19/h3-10,14H,11-12H2,1-2H3,(H,20,22)(H,21,23)/t14-/m0/s1. The Balaban J connectivity index is 1.61. The zero-order chi connectivity index (χ0) is 18.7. The molecule has 0 aliphatic carbocycles. The van der Waals surface area contributed by atoms with E-state index in [1.807, 2.05) is 38.1 Å². The molecule has 0 spiro atoms. The van der Waals surface area contributed by atoms with Crippen molar-refractivity contribution in [2.24, 2.45) is 4.99 Å². The molecule has 6 nitrogen and oxygen atoms in total. The largest absolute Gasteiger partial charge is 0.350 e. The Bertz CT molecular complexity index is 967. The lowest BCUT2D eigenvalue weighted by Crippen LogP contribution is -2.28. The average Bonchev–Trinajstić information content (AvgIpc) is 2.86. The molecule has 0 fully saturated rings. The number of benzene rings is 2. The van der Waals surface area contributed by atoms with Crippen LogP contribution in [0.4, 0.5) is 0 Å². The molecule has 0 unspecified atom stereocenters. The van der Waals surface area contributed by atoms with E-state index in [-0.39, 0.29) is 29.8 Å². The van der Waals surface area contributed by atoms with E-state index in [0.717, 1.165) is 11.1 Å². The predicted octanol–water partition coefficient (Wildman–Crippen LogP) is 2.30. The third kappa shape index (κ3) is 3.77. The molecule has 0 saturated heterocycles. The van der Waals surface area contributed by atoms with Gasteiger partial charge in [0.05, 0.1) is 17.5 Å². The Labute approximate surface area is 153 Å². The van der Waals surface area contributed by atoms with Gasteiger partial charge in [0.25, 0.3) is 10.0 Å². The molecular formula is C19H21N3O3S. The number of carbonyl (C=O) groups is 1. The SMILES string of the molecule is Cc1ccccc1[C@H](C)NC(=O)CCN=C1NS(=O)(=O)c2ccccc21. The molecule has 3 rings (SSSR count). The lowest BCUT2D eigenvalue weighted by molar-refractivity contribution is -0.121. The molecule has 1 aliphatic rings. The molecule has 0 radical (unpaired) electrons. The molecule has 136 valence electrons. The van der Waals surface area contributed by atoms with Gasteiger partial charge < -0.3 is 5.32 Å². The summed E-state index contributed by atoms with van der Waals surface area (Å²) in [6, 6.07) is 14.5. The van der Waals surface area contributed by atoms with Gasteiger partial charge in [0, 0.05) is 12.0 Å². The molecule has 2 aromatic rings. The minimum atomic E-state index is -3.55. The van der Waals surface area contributed by atoms with Gasteiger partial charge in [0.15, 0.2) is 0 Å². The van der Waals surface area contributed by atoms with Crippen molar-refractivity contribution in [2.45, 2.75) is 31.2 Å². The number of nitrogens with one attached hydrogen (secondary N) is 2. The molecular weight excluding hydrogens is 350 g/mol. The van der Waals surface area contributed by atoms with Crippen molar-refractivity contribution in [1.82, 2.24) is 10.0 Å². The van der Waals surface area contributed by atoms with Crippen LogP contribution < -0.4 is 10.0 Å². The summed E-state index contributed by atoms with van der Waals surface area (Å²) < 4.78 is 26.5. The molecule has 1 amide bonds. The van der Waals surface area contributed by atoms with Crippen LogP contribution in [0.15, 0.2) is 58.4 Å². The number of sulfonamides is 1. The summed E-state index contributed by atoms with van der Waals surface area (Å²) in [5.74, 6) is 0.166. The maximum absolute atomic E-state index is 12.2. The first-order chi connectivity index (χ1) is 12.4. The van der Waals surface area contributed by atoms with Crippen LogP contribution in [0.5, 0.6) is 0 Å². The first kappa shape index (κ1) is 18.1. The number of carbonyl (C=O) groups excluding carboxylic acids is 1. The summed E-state index contributed by atoms with van der Waals surface area (Å²) in [6.45, 7) is 4.15. The molecule has 1 aliphatic heterocycles. The van der Waals surface area contributed by atoms with E-state index in [0.29, 0.717) is 11.4 Å². The van der Waals surface area contributed by atoms with Crippen molar-refractivity contribution in [2.75, 3.05) is 6.54 Å². The number of amidine groups is 1. The number of aryl methyl sites for hydroxylation is 1. The minimum absolute atomic E-state index is 0.0953. The molecule has 26 heavy (non-hydrogen) atoms. The maximum Gasteiger partial charge on any atom is 0.263 e. The van der Waals surface area contributed by atoms with E-state index in [9.17, 15) is 13.2 Å². The second kappa shape index (κ2) is 7.29. The topological polar surface area (TPSA) is 87.6 Å². The normalized spacial score (nSPS) is 17.4. The summed E-state index contributed by atoms with van der Waals surface area (Å²) in [5, 5.41) is 2.95. The number of amides is 1. The van der Waals surface area contributed by atoms with Crippen LogP contribution >= 0.6 is 0 Å². The van der Waals surface area contributed by atoms with E-state index < -0.39 is 10.0 Å². The van der Waals surface area contributed by atoms with Crippen molar-refractivity contribution in [1.29, 1.82) is 0 Å². The van der Waals surface area contributed by atoms with Crippen molar-refractivity contribution in [3.63, 3.8) is 0 Å². The van der Waals surface area contributed by atoms with Crippen molar-refractivity contribution in [3.05, 3.63) is 65.2 Å². The summed E-state index contributed by atoms with van der Waals surface area (Å²) in [4.78, 5) is 16.6. The molecule has 2 N–H and O–H groups in total. The Kier molecular flexibility index (Phi) is 5.08. The fourth-order valence-electron chi connectivity index (χ4n) is 2.98. The quantitative estimate of drug-likeness (QED) is 0.845. The Hall–Kier alpha value is -2.67. The smallest absolute Gasteiger partial charge is 0.263 e. The summed E-state index contributed by atoms with van der Waals surface area (Å²) in [7, 11) is -3.55. The van der Waals surface area contributed by atoms with Crippen LogP contribution in [0.25, 0.3) is 0 Å². The van der Waals surface area contributed by atoms with Crippen LogP contribution in [-0.2, 0) is 14.8 Å². The van der Waals surface area contributed by atoms with Gasteiger partial charge in [0.2, 0.25) is 5.91 Å². The van der Waals surface area contributed by atoms with Crippen molar-refractivity contribution in [3.8, 4) is 0 Å². The van der Waals surface area contributed by atoms with E-state index in [1.165, 1.54) is 6.07 Å². The van der Waals surface area contributed by atoms with Gasteiger partial charge in [-0.3, -0.25) is 14.5 Å². The van der Waals surface area contributed by atoms with E-state index in [1.54, 1.807) is 18.2 Å². The predicted molar refractivity (Wildman–Crippen MR) is 101 cm³/mol. The number of fused-ring (bicyclic) bond motifs is 1. The van der Waals surface area contributed by atoms with Gasteiger partial charge in [-0.2, -0.15) is 0 Å². The third-order valence-corrected chi connectivity index (χ3v) is 5.70. The molecule has 7 heteroatoms. The Morgan fingerprint density at radius 1 is 1.15 bits per heavy atom. The number of rotatable bonds is 5. The zero-order valence-corrected chi connectivity index (χ0v) is 15.5. The lowest BCUT2D eigenvalue weighted by Gasteiger charge is -2.16. The van der Waals surface area contributed by atoms with Crippen molar-refractivity contribution < 1.29 is 13.2 Å². The Morgan fingerprint density at radius 3 is 2.62 bits per heavy atom. The summed E-state index contributed by atoms with van der Waals surface area (Å²) in [6.07, 6.45) is 0.184. The van der Waals surface area contributed by atoms with Gasteiger partial charge in [0.1, 0.15) is 5.84 Å². The van der Waals surface area contributed by atoms with Crippen molar-refractivity contribution >= 4 is 21.8 Å². The number of hydrogen-bond acceptors (Lipinski definition) is 4. The summed E-state index contributed by atoms with van der Waals surface area (Å²) >= 11 is 0. The maximum atomic E-state index is 12.2. The van der Waals surface area contributed by atoms with Crippen LogP contribution in [-0.4, -0.2) is 26.7 Å². The minimum Gasteiger partial charge on any atom is -0.350 e. The van der Waals surface area contributed by atoms with Crippen LogP contribution in [0.3, 0.4) is 0 Å². The van der Waals surface area contributed by atoms with Gasteiger partial charge in [-0.05, 0) is 37.1 Å². The van der Waals surface area contributed by atoms with Crippen LogP contribution in [0.1, 0.15) is 36.1 Å². The fraction of sp³-hybridized carbons (Fsp3) is 0.263. The monoisotopic (exact) mass is 371 g/mol. The number of hydrogen-bond donors (Lipinski definition) is 2. The number of nitrogens with zero attached hydrogens (tertiary/aromatic N) is 1. The van der Waals surface area contributed by atoms with Gasteiger partial charge >= 0.3 is 0 Å². The first-order valence-electron chi connectivity index (χ1n) is 8.40. The van der Waals surface area contributed by atoms with E-state index >= 15 is 0 Å². The average molecular weight is 371 g/mol. The first-order valence-corrected chi connectivity index (χ1v) is 9.88. The second-order valence-electron chi connectivity index (χ2n) is 6.23. The summed E-state index contributed by atoms with van der Waals surface area (Å²) in [5.41, 5.74) is 2.74. The van der Waals surface area contributed by atoms with E-state index in [2.05, 4.69) is 15.0 Å². The molecule has 1 heterocycles. The lowest BCUT2D eigenvalue weighted by atomic mass is 10.0. The fourth-order valence-corrected chi connectivity index (χ4v) is 4.24. The molecule has 0 bridgehead atoms. The van der Waals surface area contributed by atoms with Gasteiger partial charge in [-0.1, -0.05) is 36.4 Å². The van der Waals surface area contributed by atoms with Gasteiger partial charge in [-0.15, -0.1) is 0 Å². The van der Waals surface area contributed by atoms with E-state index in [4.69, 9.17) is 0 Å². The number of aliphatic imine (C=N–C) groups is 1. The highest BCUT2D eigenvalue weighted by Crippen LogP contribution is 2.22. The second-order valence-corrected chi connectivity index (χ2v) is 7.88. The highest BCUT2D eigenvalue weighted by atomic mass is 32.2. The molecule has 0 saturated carbocycles. The molecule has 2 aromatic carbocycles. The van der Waals surface area contributed by atoms with Crippen LogP contribution in [0, 0.1) is 6.92 Å². The highest BCUT2D eigenvalue weighted by Gasteiger charge is 2.29. The van der Waals surface area contributed by atoms with Gasteiger partial charge in [-0.25, -0.2) is 8.42 Å². The highest BCUT2D eigenvalue weighted by molar-refractivity contribution is 7.90. The zero-order valence-electron chi connectivity index (χ0n) is 14.7. The van der Waals surface area contributed by atoms with Crippen LogP contribution in [0.2, 0.25) is 0 Å². The Morgan fingerprint density at radius 2 is 1.85 bits per heavy atom. The molecule has 1 atom stereocenters. The third-order valence-electron chi connectivity index (χ3n) is 4.30. The molecule has 0 aromatic heterocycles.